The van der Waals surface area contributed by atoms with Crippen molar-refractivity contribution in [2.24, 2.45) is 0 Å². The van der Waals surface area contributed by atoms with E-state index in [0.717, 1.165) is 0 Å². The van der Waals surface area contributed by atoms with E-state index >= 15 is 0 Å². The largest absolute Gasteiger partial charge is 0.207 e. The highest BCUT2D eigenvalue weighted by molar-refractivity contribution is 5.04. The maximum absolute atomic E-state index is 11.6. The summed E-state index contributed by atoms with van der Waals surface area (Å²) in [5.41, 5.74) is 0. The molecule has 0 unspecified atom stereocenters. The average molecular weight is 130 g/mol. The summed E-state index contributed by atoms with van der Waals surface area (Å²) in [5.74, 6) is -0.269. The Balaban J connectivity index is 0. The van der Waals surface area contributed by atoms with Crippen LogP contribution in [-0.2, 0) is 0 Å². The van der Waals surface area contributed by atoms with Crippen molar-refractivity contribution in [3.63, 3.8) is 0 Å². The number of halogens is 1. The van der Waals surface area contributed by atoms with Crippen LogP contribution in [0.25, 0.3) is 0 Å². The van der Waals surface area contributed by atoms with Crippen LogP contribution >= 0.6 is 0 Å². The zero-order valence-electron chi connectivity index (χ0n) is 6.45. The van der Waals surface area contributed by atoms with Gasteiger partial charge >= 0.3 is 0 Å². The van der Waals surface area contributed by atoms with Crippen molar-refractivity contribution in [1.29, 1.82) is 0 Å². The van der Waals surface area contributed by atoms with Crippen LogP contribution in [-0.4, -0.2) is 0 Å². The lowest BCUT2D eigenvalue weighted by molar-refractivity contribution is 0.665. The lowest BCUT2D eigenvalue weighted by atomic mass is 10.5. The number of hydrogen-bond donors (Lipinski definition) is 0. The van der Waals surface area contributed by atoms with Crippen molar-refractivity contribution in [3.05, 3.63) is 24.6 Å². The van der Waals surface area contributed by atoms with Crippen LogP contribution in [0.3, 0.4) is 0 Å². The molecule has 0 N–H and O–H groups in total. The van der Waals surface area contributed by atoms with Gasteiger partial charge in [-0.25, -0.2) is 4.39 Å². The van der Waals surface area contributed by atoms with Gasteiger partial charge in [0, 0.05) is 0 Å². The Morgan fingerprint density at radius 2 is 1.89 bits per heavy atom. The molecular weight excluding hydrogens is 115 g/mol. The molecule has 54 valence electrons. The molecule has 0 nitrogen and oxygen atoms in total. The normalized spacial score (nSPS) is 9.56. The molecule has 0 spiro atoms. The topological polar surface area (TPSA) is 0 Å². The van der Waals surface area contributed by atoms with Gasteiger partial charge in [0.05, 0.1) is 0 Å². The summed E-state index contributed by atoms with van der Waals surface area (Å²) in [6, 6.07) is 0. The fourth-order valence-corrected chi connectivity index (χ4v) is 0.118. The van der Waals surface area contributed by atoms with Gasteiger partial charge in [0.15, 0.2) is 0 Å². The predicted octanol–water partition coefficient (Wildman–Crippen LogP) is 3.46. The molecule has 0 atom stereocenters. The first-order valence-electron chi connectivity index (χ1n) is 3.17. The van der Waals surface area contributed by atoms with E-state index in [1.807, 2.05) is 0 Å². The zero-order chi connectivity index (χ0) is 7.70. The van der Waals surface area contributed by atoms with Gasteiger partial charge < -0.3 is 0 Å². The molecule has 0 saturated heterocycles. The lowest BCUT2D eigenvalue weighted by Crippen LogP contribution is -1.53. The highest BCUT2D eigenvalue weighted by Gasteiger charge is 1.73. The fraction of sp³-hybridized carbons (Fsp3) is 0.500. The Hall–Kier alpha value is -0.590. The predicted molar refractivity (Wildman–Crippen MR) is 41.0 cm³/mol. The summed E-state index contributed by atoms with van der Waals surface area (Å²) in [6.45, 7) is 9.06. The number of hydrogen-bond acceptors (Lipinski definition) is 0. The van der Waals surface area contributed by atoms with Gasteiger partial charge in [-0.15, -0.1) is 0 Å². The monoisotopic (exact) mass is 130 g/mol. The van der Waals surface area contributed by atoms with Crippen molar-refractivity contribution in [1.82, 2.24) is 0 Å². The Kier molecular flexibility index (Phi) is 13.0. The van der Waals surface area contributed by atoms with Crippen molar-refractivity contribution in [3.8, 4) is 0 Å². The molecule has 0 rings (SSSR count). The smallest absolute Gasteiger partial charge is 0.118 e. The van der Waals surface area contributed by atoms with Gasteiger partial charge in [-0.1, -0.05) is 32.9 Å². The minimum absolute atomic E-state index is 0.269. The summed E-state index contributed by atoms with van der Waals surface area (Å²) in [5, 5.41) is 0. The van der Waals surface area contributed by atoms with Crippen molar-refractivity contribution < 1.29 is 4.39 Å². The second-order valence-electron chi connectivity index (χ2n) is 1.58. The molecule has 0 aliphatic carbocycles. The van der Waals surface area contributed by atoms with Crippen molar-refractivity contribution in [2.75, 3.05) is 0 Å². The second kappa shape index (κ2) is 10.4. The zero-order valence-corrected chi connectivity index (χ0v) is 6.45. The van der Waals surface area contributed by atoms with Crippen molar-refractivity contribution in [2.45, 2.75) is 27.2 Å². The van der Waals surface area contributed by atoms with E-state index in [-0.39, 0.29) is 5.83 Å². The molecule has 0 amide bonds. The van der Waals surface area contributed by atoms with Gasteiger partial charge in [-0.3, -0.25) is 0 Å². The van der Waals surface area contributed by atoms with Crippen molar-refractivity contribution >= 4 is 0 Å². The molecule has 0 saturated carbocycles. The van der Waals surface area contributed by atoms with Crippen LogP contribution in [0, 0.1) is 0 Å². The Bertz CT molecular complexity index is 82.6. The molecule has 1 heteroatoms. The van der Waals surface area contributed by atoms with Gasteiger partial charge in [-0.05, 0) is 13.0 Å². The average Bonchev–Trinajstić information content (AvgIpc) is 1.88. The van der Waals surface area contributed by atoms with Crippen LogP contribution in [0.15, 0.2) is 24.6 Å². The molecule has 0 heterocycles. The van der Waals surface area contributed by atoms with Crippen LogP contribution in [0.2, 0.25) is 0 Å². The summed E-state index contributed by atoms with van der Waals surface area (Å²) in [4.78, 5) is 0. The SMILES string of the molecule is C=C/C(F)=C\C.CCC. The van der Waals surface area contributed by atoms with E-state index in [9.17, 15) is 4.39 Å². The molecule has 0 aromatic heterocycles. The Morgan fingerprint density at radius 1 is 1.56 bits per heavy atom. The quantitative estimate of drug-likeness (QED) is 0.477. The van der Waals surface area contributed by atoms with E-state index in [0.29, 0.717) is 0 Å². The minimum Gasteiger partial charge on any atom is -0.207 e. The molecule has 0 aromatic rings. The molecule has 9 heavy (non-hydrogen) atoms. The Morgan fingerprint density at radius 3 is 1.89 bits per heavy atom. The summed E-state index contributed by atoms with van der Waals surface area (Å²) < 4.78 is 11.6. The first-order chi connectivity index (χ1) is 4.22. The molecular formula is C8H15F. The first-order valence-corrected chi connectivity index (χ1v) is 3.17. The highest BCUT2D eigenvalue weighted by atomic mass is 19.1. The van der Waals surface area contributed by atoms with Crippen LogP contribution in [0.5, 0.6) is 0 Å². The number of rotatable bonds is 1. The maximum Gasteiger partial charge on any atom is 0.118 e. The standard InChI is InChI=1S/C5H7F.C3H8/c1-3-5(6)4-2;1-3-2/h3-4H,1H2,2H3;3H2,1-2H3/b5-4+;. The fourth-order valence-electron chi connectivity index (χ4n) is 0.118. The van der Waals surface area contributed by atoms with E-state index in [2.05, 4.69) is 20.4 Å². The van der Waals surface area contributed by atoms with E-state index in [1.54, 1.807) is 6.92 Å². The number of allylic oxidation sites excluding steroid dienone is 3. The van der Waals surface area contributed by atoms with E-state index in [1.165, 1.54) is 18.6 Å². The highest BCUT2D eigenvalue weighted by Crippen LogP contribution is 1.92. The molecule has 0 aliphatic rings. The van der Waals surface area contributed by atoms with Crippen LogP contribution in [0.4, 0.5) is 4.39 Å². The third-order valence-corrected chi connectivity index (χ3v) is 0.471. The molecule has 0 aliphatic heterocycles. The van der Waals surface area contributed by atoms with Crippen LogP contribution in [0.1, 0.15) is 27.2 Å². The molecule has 0 fully saturated rings. The van der Waals surface area contributed by atoms with E-state index in [4.69, 9.17) is 0 Å². The third-order valence-electron chi connectivity index (χ3n) is 0.471. The van der Waals surface area contributed by atoms with Gasteiger partial charge in [-0.2, -0.15) is 0 Å². The molecule has 0 bridgehead atoms. The second-order valence-corrected chi connectivity index (χ2v) is 1.58. The Labute approximate surface area is 57.1 Å². The lowest BCUT2D eigenvalue weighted by Gasteiger charge is -1.72. The maximum atomic E-state index is 11.6. The van der Waals surface area contributed by atoms with Gasteiger partial charge in [0.1, 0.15) is 5.83 Å². The minimum atomic E-state index is -0.269. The van der Waals surface area contributed by atoms with Gasteiger partial charge in [0.2, 0.25) is 0 Å². The third kappa shape index (κ3) is 18.7. The van der Waals surface area contributed by atoms with E-state index < -0.39 is 0 Å². The van der Waals surface area contributed by atoms with Crippen LogP contribution < -0.4 is 0 Å². The summed E-state index contributed by atoms with van der Waals surface area (Å²) >= 11 is 0. The molecule has 0 radical (unpaired) electrons. The summed E-state index contributed by atoms with van der Waals surface area (Å²) in [6.07, 6.45) is 3.77. The van der Waals surface area contributed by atoms with Gasteiger partial charge in [0.25, 0.3) is 0 Å². The summed E-state index contributed by atoms with van der Waals surface area (Å²) in [7, 11) is 0. The first kappa shape index (κ1) is 11.2. The molecule has 0 aromatic carbocycles.